The van der Waals surface area contributed by atoms with E-state index in [2.05, 4.69) is 17.4 Å². The van der Waals surface area contributed by atoms with E-state index in [4.69, 9.17) is 4.74 Å². The van der Waals surface area contributed by atoms with Gasteiger partial charge in [0.15, 0.2) is 0 Å². The van der Waals surface area contributed by atoms with Crippen LogP contribution in [0.1, 0.15) is 38.2 Å². The first kappa shape index (κ1) is 13.4. The van der Waals surface area contributed by atoms with Gasteiger partial charge in [-0.25, -0.2) is 0 Å². The van der Waals surface area contributed by atoms with Gasteiger partial charge in [-0.1, -0.05) is 12.1 Å². The SMILES string of the molecule is COc1ccc(C2CC(NCC(C)(C)O)C2)cc1. The van der Waals surface area contributed by atoms with Crippen molar-refractivity contribution in [2.45, 2.75) is 44.2 Å². The van der Waals surface area contributed by atoms with Crippen molar-refractivity contribution < 1.29 is 9.84 Å². The Morgan fingerprint density at radius 1 is 1.28 bits per heavy atom. The second-order valence-electron chi connectivity index (χ2n) is 5.83. The lowest BCUT2D eigenvalue weighted by Crippen LogP contribution is -2.46. The molecule has 0 atom stereocenters. The number of ether oxygens (including phenoxy) is 1. The molecule has 0 spiro atoms. The number of hydrogen-bond acceptors (Lipinski definition) is 3. The topological polar surface area (TPSA) is 41.5 Å². The molecule has 0 bridgehead atoms. The summed E-state index contributed by atoms with van der Waals surface area (Å²) in [6.45, 7) is 4.33. The van der Waals surface area contributed by atoms with E-state index in [1.54, 1.807) is 7.11 Å². The smallest absolute Gasteiger partial charge is 0.118 e. The van der Waals surface area contributed by atoms with Gasteiger partial charge in [-0.05, 0) is 50.3 Å². The molecular formula is C15H23NO2. The van der Waals surface area contributed by atoms with Crippen LogP contribution in [0.25, 0.3) is 0 Å². The summed E-state index contributed by atoms with van der Waals surface area (Å²) in [5.41, 5.74) is 0.766. The van der Waals surface area contributed by atoms with Gasteiger partial charge < -0.3 is 15.2 Å². The van der Waals surface area contributed by atoms with Crippen LogP contribution in [0.5, 0.6) is 5.75 Å². The van der Waals surface area contributed by atoms with Crippen molar-refractivity contribution in [2.75, 3.05) is 13.7 Å². The standard InChI is InChI=1S/C15H23NO2/c1-15(2,17)10-16-13-8-12(9-13)11-4-6-14(18-3)7-5-11/h4-7,12-13,16-17H,8-10H2,1-3H3. The Balaban J connectivity index is 1.78. The quantitative estimate of drug-likeness (QED) is 0.841. The van der Waals surface area contributed by atoms with Crippen molar-refractivity contribution in [1.82, 2.24) is 5.32 Å². The van der Waals surface area contributed by atoms with Crippen LogP contribution in [0.4, 0.5) is 0 Å². The van der Waals surface area contributed by atoms with E-state index >= 15 is 0 Å². The van der Waals surface area contributed by atoms with Gasteiger partial charge in [-0.15, -0.1) is 0 Å². The highest BCUT2D eigenvalue weighted by Crippen LogP contribution is 2.37. The van der Waals surface area contributed by atoms with Gasteiger partial charge >= 0.3 is 0 Å². The summed E-state index contributed by atoms with van der Waals surface area (Å²) in [6.07, 6.45) is 2.31. The Kier molecular flexibility index (Phi) is 3.93. The molecule has 3 heteroatoms. The molecule has 0 heterocycles. The highest BCUT2D eigenvalue weighted by atomic mass is 16.5. The summed E-state index contributed by atoms with van der Waals surface area (Å²) in [4.78, 5) is 0. The number of rotatable bonds is 5. The highest BCUT2D eigenvalue weighted by Gasteiger charge is 2.30. The zero-order valence-electron chi connectivity index (χ0n) is 11.4. The van der Waals surface area contributed by atoms with Crippen molar-refractivity contribution in [3.63, 3.8) is 0 Å². The molecule has 2 rings (SSSR count). The minimum atomic E-state index is -0.620. The zero-order chi connectivity index (χ0) is 13.2. The van der Waals surface area contributed by atoms with E-state index in [0.29, 0.717) is 18.5 Å². The van der Waals surface area contributed by atoms with Crippen LogP contribution >= 0.6 is 0 Å². The first-order valence-corrected chi connectivity index (χ1v) is 6.57. The monoisotopic (exact) mass is 249 g/mol. The average Bonchev–Trinajstić information content (AvgIpc) is 2.26. The molecule has 0 unspecified atom stereocenters. The van der Waals surface area contributed by atoms with Gasteiger partial charge in [0, 0.05) is 12.6 Å². The fourth-order valence-electron chi connectivity index (χ4n) is 2.33. The van der Waals surface area contributed by atoms with Crippen molar-refractivity contribution >= 4 is 0 Å². The molecule has 100 valence electrons. The van der Waals surface area contributed by atoms with Crippen LogP contribution in [0.3, 0.4) is 0 Å². The summed E-state index contributed by atoms with van der Waals surface area (Å²) in [7, 11) is 1.69. The highest BCUT2D eigenvalue weighted by molar-refractivity contribution is 5.30. The summed E-state index contributed by atoms with van der Waals surface area (Å²) < 4.78 is 5.16. The van der Waals surface area contributed by atoms with Crippen molar-refractivity contribution in [1.29, 1.82) is 0 Å². The Hall–Kier alpha value is -1.06. The fourth-order valence-corrected chi connectivity index (χ4v) is 2.33. The van der Waals surface area contributed by atoms with Crippen molar-refractivity contribution in [3.05, 3.63) is 29.8 Å². The molecule has 0 aromatic heterocycles. The van der Waals surface area contributed by atoms with Crippen LogP contribution in [0, 0.1) is 0 Å². The first-order chi connectivity index (χ1) is 8.48. The Bertz CT molecular complexity index is 374. The normalized spacial score (nSPS) is 23.6. The Morgan fingerprint density at radius 3 is 2.39 bits per heavy atom. The molecule has 1 aliphatic carbocycles. The minimum absolute atomic E-state index is 0.545. The maximum Gasteiger partial charge on any atom is 0.118 e. The molecule has 18 heavy (non-hydrogen) atoms. The Morgan fingerprint density at radius 2 is 1.89 bits per heavy atom. The minimum Gasteiger partial charge on any atom is -0.497 e. The van der Waals surface area contributed by atoms with Gasteiger partial charge in [-0.2, -0.15) is 0 Å². The third kappa shape index (κ3) is 3.47. The van der Waals surface area contributed by atoms with E-state index in [9.17, 15) is 5.11 Å². The number of nitrogens with one attached hydrogen (secondary N) is 1. The molecule has 2 N–H and O–H groups in total. The average molecular weight is 249 g/mol. The number of aliphatic hydroxyl groups is 1. The number of methoxy groups -OCH3 is 1. The van der Waals surface area contributed by atoms with Crippen molar-refractivity contribution in [3.8, 4) is 5.75 Å². The molecule has 1 saturated carbocycles. The lowest BCUT2D eigenvalue weighted by Gasteiger charge is -2.37. The first-order valence-electron chi connectivity index (χ1n) is 6.57. The maximum atomic E-state index is 9.65. The molecule has 3 nitrogen and oxygen atoms in total. The molecule has 1 fully saturated rings. The second kappa shape index (κ2) is 5.29. The summed E-state index contributed by atoms with van der Waals surface area (Å²) in [6, 6.07) is 8.88. The van der Waals surface area contributed by atoms with Crippen LogP contribution in [0.2, 0.25) is 0 Å². The van der Waals surface area contributed by atoms with Crippen LogP contribution in [-0.2, 0) is 0 Å². The third-order valence-corrected chi connectivity index (χ3v) is 3.55. The van der Waals surface area contributed by atoms with Gasteiger partial charge in [0.25, 0.3) is 0 Å². The molecular weight excluding hydrogens is 226 g/mol. The summed E-state index contributed by atoms with van der Waals surface area (Å²) >= 11 is 0. The van der Waals surface area contributed by atoms with E-state index < -0.39 is 5.60 Å². The van der Waals surface area contributed by atoms with E-state index in [1.165, 1.54) is 5.56 Å². The third-order valence-electron chi connectivity index (χ3n) is 3.55. The zero-order valence-corrected chi connectivity index (χ0v) is 11.4. The van der Waals surface area contributed by atoms with Crippen LogP contribution in [-0.4, -0.2) is 30.4 Å². The summed E-state index contributed by atoms with van der Waals surface area (Å²) in [5.74, 6) is 1.56. The van der Waals surface area contributed by atoms with Gasteiger partial charge in [0.05, 0.1) is 12.7 Å². The van der Waals surface area contributed by atoms with Gasteiger partial charge in [-0.3, -0.25) is 0 Å². The number of hydrogen-bond donors (Lipinski definition) is 2. The molecule has 0 saturated heterocycles. The Labute approximate surface area is 109 Å². The fraction of sp³-hybridized carbons (Fsp3) is 0.600. The van der Waals surface area contributed by atoms with E-state index in [1.807, 2.05) is 26.0 Å². The molecule has 1 aromatic rings. The van der Waals surface area contributed by atoms with Crippen molar-refractivity contribution in [2.24, 2.45) is 0 Å². The molecule has 1 aliphatic rings. The van der Waals surface area contributed by atoms with Gasteiger partial charge in [0.2, 0.25) is 0 Å². The molecule has 0 amide bonds. The molecule has 0 radical (unpaired) electrons. The van der Waals surface area contributed by atoms with E-state index in [-0.39, 0.29) is 0 Å². The number of benzene rings is 1. The summed E-state index contributed by atoms with van der Waals surface area (Å²) in [5, 5.41) is 13.1. The largest absolute Gasteiger partial charge is 0.497 e. The predicted molar refractivity (Wildman–Crippen MR) is 73.1 cm³/mol. The van der Waals surface area contributed by atoms with Crippen LogP contribution in [0.15, 0.2) is 24.3 Å². The van der Waals surface area contributed by atoms with Gasteiger partial charge in [0.1, 0.15) is 5.75 Å². The lowest BCUT2D eigenvalue weighted by atomic mass is 9.75. The van der Waals surface area contributed by atoms with Crippen LogP contribution < -0.4 is 10.1 Å². The predicted octanol–water partition coefficient (Wildman–Crippen LogP) is 2.30. The molecule has 0 aliphatic heterocycles. The van der Waals surface area contributed by atoms with E-state index in [0.717, 1.165) is 18.6 Å². The molecule has 1 aromatic carbocycles. The maximum absolute atomic E-state index is 9.65. The lowest BCUT2D eigenvalue weighted by molar-refractivity contribution is 0.0708. The second-order valence-corrected chi connectivity index (χ2v) is 5.83.